The van der Waals surface area contributed by atoms with Crippen molar-refractivity contribution >= 4 is 5.95 Å². The number of nitrogens with two attached hydrogens (primary N) is 1. The molecule has 1 saturated heterocycles. The first-order chi connectivity index (χ1) is 9.67. The van der Waals surface area contributed by atoms with Gasteiger partial charge in [0.25, 0.3) is 0 Å². The van der Waals surface area contributed by atoms with E-state index in [0.29, 0.717) is 5.92 Å². The summed E-state index contributed by atoms with van der Waals surface area (Å²) in [5, 5.41) is 0. The van der Waals surface area contributed by atoms with Gasteiger partial charge in [-0.15, -0.1) is 0 Å². The summed E-state index contributed by atoms with van der Waals surface area (Å²) in [4.78, 5) is 12.0. The van der Waals surface area contributed by atoms with Crippen LogP contribution in [0.4, 0.5) is 5.95 Å². The third-order valence-electron chi connectivity index (χ3n) is 4.94. The van der Waals surface area contributed by atoms with E-state index in [1.165, 1.54) is 36.2 Å². The Balaban J connectivity index is 1.80. The van der Waals surface area contributed by atoms with Crippen molar-refractivity contribution in [3.63, 3.8) is 0 Å². The molecule has 1 aliphatic heterocycles. The van der Waals surface area contributed by atoms with E-state index in [1.54, 1.807) is 0 Å². The van der Waals surface area contributed by atoms with E-state index in [1.807, 2.05) is 0 Å². The molecule has 0 radical (unpaired) electrons. The summed E-state index contributed by atoms with van der Waals surface area (Å²) < 4.78 is 0. The van der Waals surface area contributed by atoms with Gasteiger partial charge in [-0.1, -0.05) is 6.92 Å². The highest BCUT2D eigenvalue weighted by molar-refractivity contribution is 5.38. The number of hydrogen-bond donors (Lipinski definition) is 1. The van der Waals surface area contributed by atoms with Gasteiger partial charge in [0.2, 0.25) is 5.95 Å². The summed E-state index contributed by atoms with van der Waals surface area (Å²) >= 11 is 0. The highest BCUT2D eigenvalue weighted by Gasteiger charge is 2.24. The van der Waals surface area contributed by atoms with Crippen LogP contribution in [0, 0.1) is 18.8 Å². The van der Waals surface area contributed by atoms with Gasteiger partial charge in [-0.2, -0.15) is 0 Å². The Hall–Kier alpha value is -1.16. The van der Waals surface area contributed by atoms with Gasteiger partial charge in [-0.25, -0.2) is 9.97 Å². The summed E-state index contributed by atoms with van der Waals surface area (Å²) in [5.74, 6) is 2.41. The molecule has 1 aromatic rings. The maximum atomic E-state index is 5.77. The van der Waals surface area contributed by atoms with Crippen molar-refractivity contribution in [3.8, 4) is 0 Å². The molecule has 0 aromatic carbocycles. The van der Waals surface area contributed by atoms with Gasteiger partial charge in [-0.05, 0) is 63.0 Å². The average Bonchev–Trinajstić information content (AvgIpc) is 2.48. The van der Waals surface area contributed by atoms with E-state index in [9.17, 15) is 0 Å². The van der Waals surface area contributed by atoms with Gasteiger partial charge < -0.3 is 10.6 Å². The number of hydrogen-bond acceptors (Lipinski definition) is 4. The Morgan fingerprint density at radius 2 is 1.95 bits per heavy atom. The number of nitrogens with zero attached hydrogens (tertiary/aromatic N) is 3. The first kappa shape index (κ1) is 13.8. The van der Waals surface area contributed by atoms with Crippen LogP contribution in [0.2, 0.25) is 0 Å². The Morgan fingerprint density at radius 3 is 2.65 bits per heavy atom. The Bertz CT molecular complexity index is 478. The molecular formula is C16H26N4. The minimum absolute atomic E-state index is 0.686. The SMILES string of the molecule is Cc1nc(N2CCC(CN)CC2)nc2c1CC(C)CC2. The second-order valence-electron chi connectivity index (χ2n) is 6.55. The van der Waals surface area contributed by atoms with Gasteiger partial charge in [0.15, 0.2) is 0 Å². The minimum atomic E-state index is 0.686. The molecule has 0 spiro atoms. The molecule has 20 heavy (non-hydrogen) atoms. The number of fused-ring (bicyclic) bond motifs is 1. The fraction of sp³-hybridized carbons (Fsp3) is 0.750. The molecule has 1 atom stereocenters. The van der Waals surface area contributed by atoms with Gasteiger partial charge in [0, 0.05) is 24.5 Å². The maximum Gasteiger partial charge on any atom is 0.225 e. The molecule has 2 aliphatic rings. The van der Waals surface area contributed by atoms with Crippen molar-refractivity contribution < 1.29 is 0 Å². The Kier molecular flexibility index (Phi) is 3.92. The van der Waals surface area contributed by atoms with E-state index in [2.05, 4.69) is 18.7 Å². The van der Waals surface area contributed by atoms with Crippen LogP contribution < -0.4 is 10.6 Å². The molecule has 1 aromatic heterocycles. The van der Waals surface area contributed by atoms with Crippen LogP contribution in [0.1, 0.15) is 43.1 Å². The molecule has 0 saturated carbocycles. The Labute approximate surface area is 121 Å². The van der Waals surface area contributed by atoms with Crippen molar-refractivity contribution in [3.05, 3.63) is 17.0 Å². The van der Waals surface area contributed by atoms with Crippen LogP contribution in [-0.4, -0.2) is 29.6 Å². The zero-order valence-electron chi connectivity index (χ0n) is 12.7. The molecule has 0 bridgehead atoms. The lowest BCUT2D eigenvalue weighted by atomic mass is 9.87. The maximum absolute atomic E-state index is 5.77. The van der Waals surface area contributed by atoms with Crippen LogP contribution in [-0.2, 0) is 12.8 Å². The molecule has 1 unspecified atom stereocenters. The number of aromatic nitrogens is 2. The second kappa shape index (κ2) is 5.68. The van der Waals surface area contributed by atoms with E-state index in [4.69, 9.17) is 15.7 Å². The topological polar surface area (TPSA) is 55.0 Å². The van der Waals surface area contributed by atoms with Gasteiger partial charge in [0.05, 0.1) is 0 Å². The summed E-state index contributed by atoms with van der Waals surface area (Å²) in [6.45, 7) is 7.39. The zero-order valence-corrected chi connectivity index (χ0v) is 12.7. The van der Waals surface area contributed by atoms with Crippen molar-refractivity contribution in [1.82, 2.24) is 9.97 Å². The third-order valence-corrected chi connectivity index (χ3v) is 4.94. The summed E-state index contributed by atoms with van der Waals surface area (Å²) in [7, 11) is 0. The van der Waals surface area contributed by atoms with Gasteiger partial charge in [0.1, 0.15) is 0 Å². The molecule has 3 rings (SSSR count). The van der Waals surface area contributed by atoms with Crippen LogP contribution in [0.3, 0.4) is 0 Å². The van der Waals surface area contributed by atoms with Gasteiger partial charge >= 0.3 is 0 Å². The minimum Gasteiger partial charge on any atom is -0.341 e. The smallest absolute Gasteiger partial charge is 0.225 e. The molecule has 2 heterocycles. The quantitative estimate of drug-likeness (QED) is 0.897. The summed E-state index contributed by atoms with van der Waals surface area (Å²) in [6.07, 6.45) is 5.88. The molecule has 4 heteroatoms. The normalized spacial score (nSPS) is 23.8. The molecule has 1 fully saturated rings. The summed E-state index contributed by atoms with van der Waals surface area (Å²) in [6, 6.07) is 0. The van der Waals surface area contributed by atoms with Crippen molar-refractivity contribution in [1.29, 1.82) is 0 Å². The second-order valence-corrected chi connectivity index (χ2v) is 6.55. The predicted octanol–water partition coefficient (Wildman–Crippen LogP) is 2.08. The highest BCUT2D eigenvalue weighted by atomic mass is 15.3. The lowest BCUT2D eigenvalue weighted by molar-refractivity contribution is 0.410. The lowest BCUT2D eigenvalue weighted by Crippen LogP contribution is -2.37. The fourth-order valence-electron chi connectivity index (χ4n) is 3.46. The number of piperidine rings is 1. The molecule has 2 N–H and O–H groups in total. The van der Waals surface area contributed by atoms with Crippen molar-refractivity contribution in [2.75, 3.05) is 24.5 Å². The van der Waals surface area contributed by atoms with Crippen LogP contribution in [0.25, 0.3) is 0 Å². The number of aryl methyl sites for hydroxylation is 2. The van der Waals surface area contributed by atoms with Crippen LogP contribution in [0.15, 0.2) is 0 Å². The van der Waals surface area contributed by atoms with E-state index >= 15 is 0 Å². The standard InChI is InChI=1S/C16H26N4/c1-11-3-4-15-14(9-11)12(2)18-16(19-15)20-7-5-13(10-17)6-8-20/h11,13H,3-10,17H2,1-2H3. The van der Waals surface area contributed by atoms with E-state index in [-0.39, 0.29) is 0 Å². The van der Waals surface area contributed by atoms with E-state index in [0.717, 1.165) is 44.3 Å². The van der Waals surface area contributed by atoms with E-state index < -0.39 is 0 Å². The third kappa shape index (κ3) is 2.66. The van der Waals surface area contributed by atoms with Crippen LogP contribution >= 0.6 is 0 Å². The first-order valence-electron chi connectivity index (χ1n) is 7.98. The Morgan fingerprint density at radius 1 is 1.20 bits per heavy atom. The average molecular weight is 274 g/mol. The largest absolute Gasteiger partial charge is 0.341 e. The molecule has 110 valence electrons. The molecular weight excluding hydrogens is 248 g/mol. The monoisotopic (exact) mass is 274 g/mol. The zero-order chi connectivity index (χ0) is 14.1. The predicted molar refractivity (Wildman–Crippen MR) is 81.9 cm³/mol. The lowest BCUT2D eigenvalue weighted by Gasteiger charge is -2.32. The van der Waals surface area contributed by atoms with Crippen molar-refractivity contribution in [2.24, 2.45) is 17.6 Å². The number of rotatable bonds is 2. The highest BCUT2D eigenvalue weighted by Crippen LogP contribution is 2.28. The molecule has 4 nitrogen and oxygen atoms in total. The van der Waals surface area contributed by atoms with Gasteiger partial charge in [-0.3, -0.25) is 0 Å². The first-order valence-corrected chi connectivity index (χ1v) is 7.98. The summed E-state index contributed by atoms with van der Waals surface area (Å²) in [5.41, 5.74) is 9.66. The molecule has 1 aliphatic carbocycles. The number of anilines is 1. The van der Waals surface area contributed by atoms with Crippen LogP contribution in [0.5, 0.6) is 0 Å². The van der Waals surface area contributed by atoms with Crippen molar-refractivity contribution in [2.45, 2.75) is 46.0 Å². The molecule has 0 amide bonds. The fourth-order valence-corrected chi connectivity index (χ4v) is 3.46.